The molecule has 0 aliphatic heterocycles. The standard InChI is InChI=1S/C20H25N3O.HI/c1-2-21-19(22-14-16-8-4-3-5-9-16)23-15-20(24)13-12-17-10-6-7-11-18(17)20;/h3-11,24H,2,12-15H2,1H3,(H2,21,22,23);1H. The first-order valence-corrected chi connectivity index (χ1v) is 8.58. The molecule has 5 heteroatoms. The zero-order valence-electron chi connectivity index (χ0n) is 14.5. The van der Waals surface area contributed by atoms with Crippen LogP contribution in [0.2, 0.25) is 0 Å². The number of hydrogen-bond donors (Lipinski definition) is 3. The van der Waals surface area contributed by atoms with E-state index >= 15 is 0 Å². The number of aryl methyl sites for hydroxylation is 1. The molecule has 2 aromatic rings. The number of nitrogens with one attached hydrogen (secondary N) is 2. The van der Waals surface area contributed by atoms with Crippen LogP contribution in [0.15, 0.2) is 59.6 Å². The van der Waals surface area contributed by atoms with Crippen LogP contribution in [0.1, 0.15) is 30.0 Å². The molecule has 0 saturated heterocycles. The number of benzene rings is 2. The van der Waals surface area contributed by atoms with Crippen LogP contribution in [0.5, 0.6) is 0 Å². The van der Waals surface area contributed by atoms with Gasteiger partial charge in [-0.1, -0.05) is 54.6 Å². The van der Waals surface area contributed by atoms with E-state index in [4.69, 9.17) is 0 Å². The maximum Gasteiger partial charge on any atom is 0.191 e. The lowest BCUT2D eigenvalue weighted by Crippen LogP contribution is -2.45. The second-order valence-electron chi connectivity index (χ2n) is 6.22. The fourth-order valence-corrected chi connectivity index (χ4v) is 3.18. The van der Waals surface area contributed by atoms with Gasteiger partial charge in [0.1, 0.15) is 5.60 Å². The van der Waals surface area contributed by atoms with Gasteiger partial charge < -0.3 is 15.7 Å². The average Bonchev–Trinajstić information content (AvgIpc) is 2.96. The third-order valence-corrected chi connectivity index (χ3v) is 4.48. The van der Waals surface area contributed by atoms with Gasteiger partial charge in [0, 0.05) is 6.54 Å². The Labute approximate surface area is 166 Å². The predicted molar refractivity (Wildman–Crippen MR) is 113 cm³/mol. The summed E-state index contributed by atoms with van der Waals surface area (Å²) in [6, 6.07) is 18.3. The lowest BCUT2D eigenvalue weighted by molar-refractivity contribution is 0.0432. The highest BCUT2D eigenvalue weighted by Gasteiger charge is 2.36. The topological polar surface area (TPSA) is 56.7 Å². The largest absolute Gasteiger partial charge is 0.383 e. The van der Waals surface area contributed by atoms with E-state index in [1.165, 1.54) is 11.1 Å². The van der Waals surface area contributed by atoms with E-state index in [9.17, 15) is 5.11 Å². The van der Waals surface area contributed by atoms with Gasteiger partial charge >= 0.3 is 0 Å². The number of hydrogen-bond acceptors (Lipinski definition) is 2. The number of aliphatic hydroxyl groups is 1. The van der Waals surface area contributed by atoms with Crippen molar-refractivity contribution in [2.45, 2.75) is 31.9 Å². The fraction of sp³-hybridized carbons (Fsp3) is 0.350. The monoisotopic (exact) mass is 451 g/mol. The molecule has 1 aliphatic carbocycles. The van der Waals surface area contributed by atoms with Gasteiger partial charge in [-0.15, -0.1) is 24.0 Å². The van der Waals surface area contributed by atoms with Gasteiger partial charge in [0.15, 0.2) is 5.96 Å². The molecule has 1 aliphatic rings. The van der Waals surface area contributed by atoms with Crippen molar-refractivity contribution in [2.24, 2.45) is 4.99 Å². The van der Waals surface area contributed by atoms with E-state index in [-0.39, 0.29) is 24.0 Å². The van der Waals surface area contributed by atoms with Crippen LogP contribution in [0.25, 0.3) is 0 Å². The first-order valence-electron chi connectivity index (χ1n) is 8.58. The van der Waals surface area contributed by atoms with Crippen molar-refractivity contribution in [3.63, 3.8) is 0 Å². The SMILES string of the molecule is CCNC(=NCc1ccccc1)NCC1(O)CCc2ccccc21.I. The van der Waals surface area contributed by atoms with E-state index in [1.807, 2.05) is 43.3 Å². The quantitative estimate of drug-likeness (QED) is 0.372. The molecular formula is C20H26IN3O. The molecule has 0 radical (unpaired) electrons. The lowest BCUT2D eigenvalue weighted by Gasteiger charge is -2.25. The molecule has 4 nitrogen and oxygen atoms in total. The van der Waals surface area contributed by atoms with Crippen LogP contribution in [0, 0.1) is 0 Å². The number of guanidine groups is 1. The molecule has 2 aromatic carbocycles. The van der Waals surface area contributed by atoms with E-state index in [1.54, 1.807) is 0 Å². The first-order chi connectivity index (χ1) is 11.7. The third kappa shape index (κ3) is 4.95. The highest BCUT2D eigenvalue weighted by molar-refractivity contribution is 14.0. The summed E-state index contributed by atoms with van der Waals surface area (Å²) in [7, 11) is 0. The second kappa shape index (κ2) is 9.20. The average molecular weight is 451 g/mol. The molecule has 0 saturated carbocycles. The van der Waals surface area contributed by atoms with E-state index in [0.29, 0.717) is 13.1 Å². The highest BCUT2D eigenvalue weighted by atomic mass is 127. The van der Waals surface area contributed by atoms with Crippen LogP contribution in [0.3, 0.4) is 0 Å². The van der Waals surface area contributed by atoms with E-state index < -0.39 is 5.60 Å². The van der Waals surface area contributed by atoms with Gasteiger partial charge in [-0.05, 0) is 36.5 Å². The predicted octanol–water partition coefficient (Wildman–Crippen LogP) is 3.19. The summed E-state index contributed by atoms with van der Waals surface area (Å²) in [5.41, 5.74) is 2.63. The normalized spacial score (nSPS) is 19.0. The lowest BCUT2D eigenvalue weighted by atomic mass is 9.96. The Balaban J connectivity index is 0.00000225. The summed E-state index contributed by atoms with van der Waals surface area (Å²) in [6.45, 7) is 3.91. The van der Waals surface area contributed by atoms with Crippen molar-refractivity contribution in [3.8, 4) is 0 Å². The van der Waals surface area contributed by atoms with Crippen LogP contribution in [0.4, 0.5) is 0 Å². The Kier molecular flexibility index (Phi) is 7.25. The van der Waals surface area contributed by atoms with Gasteiger partial charge in [0.2, 0.25) is 0 Å². The molecule has 0 fully saturated rings. The van der Waals surface area contributed by atoms with Crippen molar-refractivity contribution >= 4 is 29.9 Å². The van der Waals surface area contributed by atoms with Gasteiger partial charge in [0.25, 0.3) is 0 Å². The van der Waals surface area contributed by atoms with Crippen molar-refractivity contribution in [2.75, 3.05) is 13.1 Å². The van der Waals surface area contributed by atoms with Crippen molar-refractivity contribution < 1.29 is 5.11 Å². The Morgan fingerprint density at radius 1 is 1.08 bits per heavy atom. The van der Waals surface area contributed by atoms with Gasteiger partial charge in [-0.25, -0.2) is 4.99 Å². The third-order valence-electron chi connectivity index (χ3n) is 4.48. The van der Waals surface area contributed by atoms with Gasteiger partial charge in [-0.3, -0.25) is 0 Å². The number of rotatable bonds is 5. The minimum atomic E-state index is -0.820. The second-order valence-corrected chi connectivity index (χ2v) is 6.22. The molecular weight excluding hydrogens is 425 g/mol. The number of fused-ring (bicyclic) bond motifs is 1. The van der Waals surface area contributed by atoms with Crippen LogP contribution in [-0.2, 0) is 18.6 Å². The fourth-order valence-electron chi connectivity index (χ4n) is 3.18. The minimum absolute atomic E-state index is 0. The zero-order chi connectivity index (χ0) is 16.8. The molecule has 3 rings (SSSR count). The summed E-state index contributed by atoms with van der Waals surface area (Å²) in [5.74, 6) is 0.735. The number of nitrogens with zero attached hydrogens (tertiary/aromatic N) is 1. The van der Waals surface area contributed by atoms with Crippen LogP contribution < -0.4 is 10.6 Å². The molecule has 1 unspecified atom stereocenters. The zero-order valence-corrected chi connectivity index (χ0v) is 16.9. The number of halogens is 1. The molecule has 25 heavy (non-hydrogen) atoms. The van der Waals surface area contributed by atoms with E-state index in [2.05, 4.69) is 33.8 Å². The summed E-state index contributed by atoms with van der Waals surface area (Å²) in [5, 5.41) is 17.5. The molecule has 0 aromatic heterocycles. The van der Waals surface area contributed by atoms with Crippen LogP contribution in [-0.4, -0.2) is 24.2 Å². The maximum atomic E-state index is 11.0. The Bertz CT molecular complexity index is 705. The molecule has 0 heterocycles. The van der Waals surface area contributed by atoms with Gasteiger partial charge in [0.05, 0.1) is 13.1 Å². The molecule has 134 valence electrons. The maximum absolute atomic E-state index is 11.0. The summed E-state index contributed by atoms with van der Waals surface area (Å²) < 4.78 is 0. The van der Waals surface area contributed by atoms with E-state index in [0.717, 1.165) is 30.9 Å². The minimum Gasteiger partial charge on any atom is -0.383 e. The smallest absolute Gasteiger partial charge is 0.191 e. The molecule has 0 amide bonds. The molecule has 0 bridgehead atoms. The highest BCUT2D eigenvalue weighted by Crippen LogP contribution is 2.36. The number of aliphatic imine (C=N–C) groups is 1. The molecule has 1 atom stereocenters. The molecule has 3 N–H and O–H groups in total. The summed E-state index contributed by atoms with van der Waals surface area (Å²) in [6.07, 6.45) is 1.67. The van der Waals surface area contributed by atoms with Crippen molar-refractivity contribution in [1.82, 2.24) is 10.6 Å². The molecule has 0 spiro atoms. The summed E-state index contributed by atoms with van der Waals surface area (Å²) in [4.78, 5) is 4.62. The van der Waals surface area contributed by atoms with Crippen molar-refractivity contribution in [1.29, 1.82) is 0 Å². The van der Waals surface area contributed by atoms with Gasteiger partial charge in [-0.2, -0.15) is 0 Å². The Morgan fingerprint density at radius 2 is 1.80 bits per heavy atom. The Morgan fingerprint density at radius 3 is 2.56 bits per heavy atom. The first kappa shape index (κ1) is 19.7. The van der Waals surface area contributed by atoms with Crippen LogP contribution >= 0.6 is 24.0 Å². The van der Waals surface area contributed by atoms with Crippen molar-refractivity contribution in [3.05, 3.63) is 71.3 Å². The Hall–Kier alpha value is -1.60. The summed E-state index contributed by atoms with van der Waals surface area (Å²) >= 11 is 0.